The van der Waals surface area contributed by atoms with Gasteiger partial charge in [0.2, 0.25) is 0 Å². The fraction of sp³-hybridized carbons (Fsp3) is 0.167. The molecule has 0 aliphatic rings. The Morgan fingerprint density at radius 3 is 2.70 bits per heavy atom. The SMILES string of the molecule is CC(N)c1nc(C(=O)Nc2cc(F)cc(F)c2F)cs1. The van der Waals surface area contributed by atoms with Gasteiger partial charge in [0.1, 0.15) is 16.5 Å². The number of hydrogen-bond acceptors (Lipinski definition) is 4. The average molecular weight is 301 g/mol. The minimum Gasteiger partial charge on any atom is -0.322 e. The van der Waals surface area contributed by atoms with E-state index in [4.69, 9.17) is 5.73 Å². The topological polar surface area (TPSA) is 68.0 Å². The van der Waals surface area contributed by atoms with Crippen LogP contribution < -0.4 is 11.1 Å². The van der Waals surface area contributed by atoms with E-state index in [9.17, 15) is 18.0 Å². The number of nitrogens with one attached hydrogen (secondary N) is 1. The lowest BCUT2D eigenvalue weighted by Gasteiger charge is -2.05. The Hall–Kier alpha value is -1.93. The maximum Gasteiger partial charge on any atom is 0.275 e. The van der Waals surface area contributed by atoms with Gasteiger partial charge >= 0.3 is 0 Å². The normalized spacial score (nSPS) is 12.2. The number of thiazole rings is 1. The van der Waals surface area contributed by atoms with Crippen molar-refractivity contribution in [2.45, 2.75) is 13.0 Å². The Balaban J connectivity index is 2.23. The molecule has 1 aromatic carbocycles. The van der Waals surface area contributed by atoms with Gasteiger partial charge in [-0.05, 0) is 6.92 Å². The van der Waals surface area contributed by atoms with E-state index in [0.29, 0.717) is 17.1 Å². The van der Waals surface area contributed by atoms with Crippen LogP contribution >= 0.6 is 11.3 Å². The number of nitrogens with two attached hydrogens (primary N) is 1. The van der Waals surface area contributed by atoms with Gasteiger partial charge in [0.15, 0.2) is 11.6 Å². The molecule has 4 nitrogen and oxygen atoms in total. The van der Waals surface area contributed by atoms with Crippen LogP contribution in [0.4, 0.5) is 18.9 Å². The summed E-state index contributed by atoms with van der Waals surface area (Å²) < 4.78 is 39.4. The summed E-state index contributed by atoms with van der Waals surface area (Å²) >= 11 is 1.17. The number of anilines is 1. The largest absolute Gasteiger partial charge is 0.322 e. The summed E-state index contributed by atoms with van der Waals surface area (Å²) in [6, 6.07) is 0.738. The van der Waals surface area contributed by atoms with Crippen LogP contribution in [0.15, 0.2) is 17.5 Å². The van der Waals surface area contributed by atoms with E-state index in [0.717, 1.165) is 0 Å². The van der Waals surface area contributed by atoms with Crippen molar-refractivity contribution in [2.24, 2.45) is 5.73 Å². The lowest BCUT2D eigenvalue weighted by Crippen LogP contribution is -2.15. The molecule has 1 atom stereocenters. The predicted octanol–water partition coefficient (Wildman–Crippen LogP) is 2.83. The second-order valence-corrected chi connectivity index (χ2v) is 4.95. The van der Waals surface area contributed by atoms with Gasteiger partial charge in [-0.2, -0.15) is 0 Å². The van der Waals surface area contributed by atoms with Gasteiger partial charge < -0.3 is 11.1 Å². The van der Waals surface area contributed by atoms with Crippen LogP contribution in [0.25, 0.3) is 0 Å². The quantitative estimate of drug-likeness (QED) is 0.857. The fourth-order valence-corrected chi connectivity index (χ4v) is 2.19. The highest BCUT2D eigenvalue weighted by molar-refractivity contribution is 7.09. The predicted molar refractivity (Wildman–Crippen MR) is 69.0 cm³/mol. The second kappa shape index (κ2) is 5.59. The molecule has 0 saturated carbocycles. The standard InChI is InChI=1S/C12H10F3N3OS/c1-5(16)12-18-9(4-20-12)11(19)17-8-3-6(13)2-7(14)10(8)15/h2-5H,16H2,1H3,(H,17,19). The van der Waals surface area contributed by atoms with Gasteiger partial charge in [-0.25, -0.2) is 18.2 Å². The fourth-order valence-electron chi connectivity index (χ4n) is 1.43. The first kappa shape index (κ1) is 14.5. The highest BCUT2D eigenvalue weighted by Gasteiger charge is 2.17. The Labute approximate surface area is 116 Å². The molecule has 0 aliphatic heterocycles. The van der Waals surface area contributed by atoms with Crippen molar-refractivity contribution in [1.82, 2.24) is 4.98 Å². The Bertz CT molecular complexity index is 657. The third-order valence-corrected chi connectivity index (χ3v) is 3.43. The number of amides is 1. The van der Waals surface area contributed by atoms with Crippen molar-refractivity contribution in [2.75, 3.05) is 5.32 Å². The van der Waals surface area contributed by atoms with Crippen molar-refractivity contribution in [3.8, 4) is 0 Å². The number of aromatic nitrogens is 1. The number of benzene rings is 1. The van der Waals surface area contributed by atoms with Gasteiger partial charge in [-0.1, -0.05) is 0 Å². The van der Waals surface area contributed by atoms with Crippen molar-refractivity contribution < 1.29 is 18.0 Å². The van der Waals surface area contributed by atoms with Crippen molar-refractivity contribution in [3.63, 3.8) is 0 Å². The highest BCUT2D eigenvalue weighted by Crippen LogP contribution is 2.21. The van der Waals surface area contributed by atoms with E-state index in [1.165, 1.54) is 16.7 Å². The second-order valence-electron chi connectivity index (χ2n) is 4.06. The summed E-state index contributed by atoms with van der Waals surface area (Å²) in [4.78, 5) is 15.8. The Morgan fingerprint density at radius 2 is 2.10 bits per heavy atom. The molecule has 1 heterocycles. The molecule has 0 saturated heterocycles. The maximum atomic E-state index is 13.4. The van der Waals surface area contributed by atoms with Crippen LogP contribution in [0.2, 0.25) is 0 Å². The first-order valence-electron chi connectivity index (χ1n) is 5.55. The molecule has 2 rings (SSSR count). The summed E-state index contributed by atoms with van der Waals surface area (Å²) in [6.45, 7) is 1.70. The maximum absolute atomic E-state index is 13.4. The third-order valence-electron chi connectivity index (χ3n) is 2.39. The van der Waals surface area contributed by atoms with Crippen molar-refractivity contribution in [1.29, 1.82) is 0 Å². The van der Waals surface area contributed by atoms with E-state index in [1.807, 2.05) is 0 Å². The van der Waals surface area contributed by atoms with Gasteiger partial charge in [-0.15, -0.1) is 11.3 Å². The molecule has 0 spiro atoms. The Kier molecular flexibility index (Phi) is 4.05. The molecule has 0 radical (unpaired) electrons. The van der Waals surface area contributed by atoms with Gasteiger partial charge in [0.25, 0.3) is 5.91 Å². The van der Waals surface area contributed by atoms with Crippen LogP contribution in [-0.2, 0) is 0 Å². The molecular weight excluding hydrogens is 291 g/mol. The molecule has 0 aliphatic carbocycles. The van der Waals surface area contributed by atoms with Gasteiger partial charge in [0, 0.05) is 17.5 Å². The monoisotopic (exact) mass is 301 g/mol. The number of hydrogen-bond donors (Lipinski definition) is 2. The van der Waals surface area contributed by atoms with E-state index >= 15 is 0 Å². The van der Waals surface area contributed by atoms with E-state index in [2.05, 4.69) is 10.3 Å². The first-order valence-corrected chi connectivity index (χ1v) is 6.43. The summed E-state index contributed by atoms with van der Waals surface area (Å²) in [6.07, 6.45) is 0. The molecule has 0 fully saturated rings. The van der Waals surface area contributed by atoms with Crippen molar-refractivity contribution in [3.05, 3.63) is 45.7 Å². The van der Waals surface area contributed by atoms with E-state index in [1.54, 1.807) is 6.92 Å². The van der Waals surface area contributed by atoms with Crippen LogP contribution in [0, 0.1) is 17.5 Å². The molecule has 1 amide bonds. The molecule has 2 aromatic rings. The zero-order valence-corrected chi connectivity index (χ0v) is 11.1. The van der Waals surface area contributed by atoms with Crippen LogP contribution in [-0.4, -0.2) is 10.9 Å². The lowest BCUT2D eigenvalue weighted by molar-refractivity contribution is 0.102. The summed E-state index contributed by atoms with van der Waals surface area (Å²) in [7, 11) is 0. The number of rotatable bonds is 3. The molecular formula is C12H10F3N3OS. The van der Waals surface area contributed by atoms with Crippen molar-refractivity contribution >= 4 is 22.9 Å². The smallest absolute Gasteiger partial charge is 0.275 e. The zero-order valence-electron chi connectivity index (χ0n) is 10.3. The van der Waals surface area contributed by atoms with Crippen LogP contribution in [0.5, 0.6) is 0 Å². The number of carbonyl (C=O) groups excluding carboxylic acids is 1. The minimum atomic E-state index is -1.38. The Morgan fingerprint density at radius 1 is 1.40 bits per heavy atom. The number of halogens is 3. The number of carbonyl (C=O) groups is 1. The third kappa shape index (κ3) is 2.97. The highest BCUT2D eigenvalue weighted by atomic mass is 32.1. The molecule has 0 bridgehead atoms. The molecule has 106 valence electrons. The molecule has 3 N–H and O–H groups in total. The summed E-state index contributed by atoms with van der Waals surface area (Å²) in [5.74, 6) is -4.47. The van der Waals surface area contributed by atoms with E-state index < -0.39 is 29.0 Å². The van der Waals surface area contributed by atoms with Crippen LogP contribution in [0.3, 0.4) is 0 Å². The van der Waals surface area contributed by atoms with Gasteiger partial charge in [-0.3, -0.25) is 4.79 Å². The molecule has 8 heteroatoms. The zero-order chi connectivity index (χ0) is 14.9. The molecule has 20 heavy (non-hydrogen) atoms. The lowest BCUT2D eigenvalue weighted by atomic mass is 10.2. The average Bonchev–Trinajstić information content (AvgIpc) is 2.85. The summed E-state index contributed by atoms with van der Waals surface area (Å²) in [5, 5.41) is 4.03. The number of nitrogens with zero attached hydrogens (tertiary/aromatic N) is 1. The summed E-state index contributed by atoms with van der Waals surface area (Å²) in [5.41, 5.74) is 5.03. The molecule has 1 aromatic heterocycles. The van der Waals surface area contributed by atoms with E-state index in [-0.39, 0.29) is 11.7 Å². The van der Waals surface area contributed by atoms with Gasteiger partial charge in [0.05, 0.1) is 11.7 Å². The minimum absolute atomic E-state index is 0.00590. The first-order chi connectivity index (χ1) is 9.38. The van der Waals surface area contributed by atoms with Crippen LogP contribution in [0.1, 0.15) is 28.5 Å². The molecule has 1 unspecified atom stereocenters.